The van der Waals surface area contributed by atoms with E-state index in [0.29, 0.717) is 4.57 Å². The van der Waals surface area contributed by atoms with Crippen molar-refractivity contribution in [3.63, 3.8) is 0 Å². The number of nitrogens with one attached hydrogen (secondary N) is 2. The molecule has 59 heavy (non-hydrogen) atoms. The number of benzene rings is 1. The lowest BCUT2D eigenvalue weighted by molar-refractivity contribution is -0.149. The van der Waals surface area contributed by atoms with E-state index in [1.165, 1.54) is 10.9 Å². The molecule has 0 amide bonds. The summed E-state index contributed by atoms with van der Waals surface area (Å²) in [6.07, 6.45) is -8.94. The third-order valence-corrected chi connectivity index (χ3v) is 14.6. The first-order valence-corrected chi connectivity index (χ1v) is 22.7. The fourth-order valence-electron chi connectivity index (χ4n) is 6.24. The van der Waals surface area contributed by atoms with E-state index >= 15 is 0 Å². The predicted molar refractivity (Wildman–Crippen MR) is 187 cm³/mol. The molecule has 3 aliphatic rings. The lowest BCUT2D eigenvalue weighted by Crippen LogP contribution is -2.37. The monoisotopic (exact) mass is 916 g/mol. The maximum Gasteiger partial charge on any atom is 0.490 e. The summed E-state index contributed by atoms with van der Waals surface area (Å²) in [5, 5.41) is 20.6. The second kappa shape index (κ2) is 16.8. The van der Waals surface area contributed by atoms with Gasteiger partial charge in [0.2, 0.25) is 0 Å². The number of imidazole rings is 1. The van der Waals surface area contributed by atoms with Gasteiger partial charge in [0, 0.05) is 18.7 Å². The smallest absolute Gasteiger partial charge is 0.387 e. The third kappa shape index (κ3) is 10.0. The number of phosphoric acid groups is 4. The van der Waals surface area contributed by atoms with Gasteiger partial charge in [0.05, 0.1) is 25.9 Å². The summed E-state index contributed by atoms with van der Waals surface area (Å²) < 4.78 is 97.0. The normalized spacial score (nSPS) is 31.0. The standard InChI is InChI=1S/C27H32N6O22P4/c34-16-6-7-32(27(38)31-16)25-20(36)19(35)14(49-25)9-47-56(39,40)53-58(43,44)55-59(45,46)54-57(41,42)48-10-15-21-22(52-17(51-21)8-13-4-2-1-3-5-13)26(50-15)33-12-30-18-23(33)28-11-29-24(18)37/h1-7,11-12,14-15,17,19-22,25-26,35-36H,8-10H2,(H,39,40)(H,41,42)(H,43,44)(H,45,46)(H,28,29,37)(H,31,34,38)/t14-,15-,17?,19-,20-,21-,22-,25-,26-/m1/s1. The van der Waals surface area contributed by atoms with E-state index in [1.54, 1.807) is 18.2 Å². The van der Waals surface area contributed by atoms with Crippen LogP contribution in [0.3, 0.4) is 0 Å². The molecule has 322 valence electrons. The van der Waals surface area contributed by atoms with Gasteiger partial charge in [-0.15, -0.1) is 0 Å². The molecule has 13 atom stereocenters. The molecule has 3 aromatic heterocycles. The van der Waals surface area contributed by atoms with E-state index in [9.17, 15) is 62.4 Å². The zero-order valence-corrected chi connectivity index (χ0v) is 32.9. The van der Waals surface area contributed by atoms with Gasteiger partial charge in [0.25, 0.3) is 11.1 Å². The molecular formula is C27H32N6O22P4. The molecule has 32 heteroatoms. The highest BCUT2D eigenvalue weighted by atomic mass is 31.3. The molecule has 5 unspecified atom stereocenters. The lowest BCUT2D eigenvalue weighted by Gasteiger charge is -2.23. The van der Waals surface area contributed by atoms with Crippen LogP contribution in [0.5, 0.6) is 0 Å². The van der Waals surface area contributed by atoms with Gasteiger partial charge < -0.3 is 53.7 Å². The first-order chi connectivity index (χ1) is 27.7. The number of hydrogen-bond donors (Lipinski definition) is 8. The van der Waals surface area contributed by atoms with Crippen LogP contribution in [-0.2, 0) is 65.6 Å². The molecule has 3 saturated heterocycles. The summed E-state index contributed by atoms with van der Waals surface area (Å²) in [4.78, 5) is 88.4. The van der Waals surface area contributed by atoms with Crippen molar-refractivity contribution in [1.29, 1.82) is 0 Å². The summed E-state index contributed by atoms with van der Waals surface area (Å²) >= 11 is 0. The van der Waals surface area contributed by atoms with Crippen molar-refractivity contribution in [2.45, 2.75) is 61.8 Å². The summed E-state index contributed by atoms with van der Waals surface area (Å²) in [5.41, 5.74) is -1.57. The molecule has 1 aromatic carbocycles. The molecule has 6 heterocycles. The topological polar surface area (TPSA) is 391 Å². The minimum atomic E-state index is -6.23. The van der Waals surface area contributed by atoms with Crippen LogP contribution >= 0.6 is 31.3 Å². The van der Waals surface area contributed by atoms with Gasteiger partial charge in [-0.05, 0) is 5.56 Å². The van der Waals surface area contributed by atoms with Gasteiger partial charge in [0.1, 0.15) is 36.6 Å². The van der Waals surface area contributed by atoms with Crippen LogP contribution in [0.15, 0.2) is 69.6 Å². The van der Waals surface area contributed by atoms with E-state index in [4.69, 9.17) is 23.5 Å². The van der Waals surface area contributed by atoms with Crippen LogP contribution in [0.1, 0.15) is 18.0 Å². The lowest BCUT2D eigenvalue weighted by atomic mass is 10.1. The Morgan fingerprint density at radius 3 is 1.98 bits per heavy atom. The molecule has 0 saturated carbocycles. The number of phosphoric ester groups is 2. The van der Waals surface area contributed by atoms with Crippen LogP contribution < -0.4 is 16.8 Å². The van der Waals surface area contributed by atoms with E-state index < -0.39 is 117 Å². The second-order valence-electron chi connectivity index (χ2n) is 12.7. The number of ether oxygens (including phenoxy) is 4. The number of hydrogen-bond acceptors (Lipinski definition) is 20. The molecule has 3 aliphatic heterocycles. The zero-order chi connectivity index (χ0) is 42.5. The first-order valence-electron chi connectivity index (χ1n) is 16.7. The van der Waals surface area contributed by atoms with Gasteiger partial charge >= 0.3 is 37.0 Å². The predicted octanol–water partition coefficient (Wildman–Crippen LogP) is -0.976. The zero-order valence-electron chi connectivity index (χ0n) is 29.3. The van der Waals surface area contributed by atoms with E-state index in [0.717, 1.165) is 24.2 Å². The Kier molecular flexibility index (Phi) is 12.4. The average Bonchev–Trinajstić information content (AvgIpc) is 3.89. The molecule has 4 aromatic rings. The number of H-pyrrole nitrogens is 2. The number of fused-ring (bicyclic) bond motifs is 2. The van der Waals surface area contributed by atoms with Crippen molar-refractivity contribution in [3.05, 3.63) is 92.0 Å². The second-order valence-corrected chi connectivity index (χ2v) is 18.9. The van der Waals surface area contributed by atoms with E-state index in [-0.39, 0.29) is 17.6 Å². The van der Waals surface area contributed by atoms with Crippen molar-refractivity contribution in [2.24, 2.45) is 0 Å². The van der Waals surface area contributed by atoms with Gasteiger partial charge in [-0.2, -0.15) is 12.9 Å². The number of aliphatic hydroxyl groups is 2. The Bertz CT molecular complexity index is 2550. The Labute approximate surface area is 327 Å². The fourth-order valence-corrected chi connectivity index (χ4v) is 11.2. The fraction of sp³-hybridized carbons (Fsp3) is 0.444. The molecule has 8 N–H and O–H groups in total. The van der Waals surface area contributed by atoms with Crippen molar-refractivity contribution in [1.82, 2.24) is 29.1 Å². The van der Waals surface area contributed by atoms with Crippen LogP contribution in [0.2, 0.25) is 0 Å². The van der Waals surface area contributed by atoms with E-state index in [1.807, 2.05) is 17.1 Å². The molecule has 0 radical (unpaired) electrons. The molecular weight excluding hydrogens is 884 g/mol. The summed E-state index contributed by atoms with van der Waals surface area (Å²) in [5.74, 6) is 0. The number of nitrogens with zero attached hydrogens (tertiary/aromatic N) is 4. The Balaban J connectivity index is 0.962. The minimum absolute atomic E-state index is 0.0498. The number of aromatic amines is 2. The van der Waals surface area contributed by atoms with Crippen molar-refractivity contribution in [2.75, 3.05) is 13.2 Å². The van der Waals surface area contributed by atoms with Crippen LogP contribution in [0.4, 0.5) is 0 Å². The Hall–Kier alpha value is -3.43. The highest BCUT2D eigenvalue weighted by Crippen LogP contribution is 2.71. The van der Waals surface area contributed by atoms with Crippen molar-refractivity contribution in [3.8, 4) is 0 Å². The summed E-state index contributed by atoms with van der Waals surface area (Å²) in [7, 11) is -24.0. The third-order valence-electron chi connectivity index (χ3n) is 8.67. The van der Waals surface area contributed by atoms with Crippen molar-refractivity contribution >= 4 is 42.5 Å². The molecule has 0 spiro atoms. The SMILES string of the molecule is O=c1ccn([C@@H]2O[C@H](COP(=O)(O)OP(=O)(O)OP(=O)(O)OP(=O)(O)OC[C@H]3O[C@@H](n4cnc5c(=O)[nH]cnc54)[C@@H]4OC(Cc5ccccc5)O[C@@H]43)[C@@H](O)[C@H]2O)c(=O)[nH]1. The summed E-state index contributed by atoms with van der Waals surface area (Å²) in [6.45, 7) is -2.12. The average molecular weight is 916 g/mol. The number of rotatable bonds is 16. The molecule has 7 rings (SSSR count). The highest BCUT2D eigenvalue weighted by molar-refractivity contribution is 7.69. The van der Waals surface area contributed by atoms with Crippen LogP contribution in [-0.4, -0.2) is 115 Å². The van der Waals surface area contributed by atoms with Crippen LogP contribution in [0, 0.1) is 0 Å². The molecule has 0 bridgehead atoms. The first kappa shape index (κ1) is 43.7. The Morgan fingerprint density at radius 2 is 1.32 bits per heavy atom. The number of aromatic nitrogens is 6. The molecule has 3 fully saturated rings. The maximum atomic E-state index is 12.8. The van der Waals surface area contributed by atoms with Gasteiger partial charge in [-0.3, -0.25) is 32.8 Å². The largest absolute Gasteiger partial charge is 0.490 e. The number of aliphatic hydroxyl groups excluding tert-OH is 2. The summed E-state index contributed by atoms with van der Waals surface area (Å²) in [6, 6.07) is 9.90. The molecule has 28 nitrogen and oxygen atoms in total. The van der Waals surface area contributed by atoms with Gasteiger partial charge in [0.15, 0.2) is 29.9 Å². The minimum Gasteiger partial charge on any atom is -0.387 e. The maximum absolute atomic E-state index is 12.8. The Morgan fingerprint density at radius 1 is 0.712 bits per heavy atom. The van der Waals surface area contributed by atoms with Gasteiger partial charge in [-0.1, -0.05) is 30.3 Å². The van der Waals surface area contributed by atoms with E-state index in [2.05, 4.69) is 32.4 Å². The quantitative estimate of drug-likeness (QED) is 0.0626. The van der Waals surface area contributed by atoms with Crippen LogP contribution in [0.25, 0.3) is 11.2 Å². The van der Waals surface area contributed by atoms with Crippen molar-refractivity contribution < 1.29 is 89.0 Å². The highest BCUT2D eigenvalue weighted by Gasteiger charge is 2.55. The van der Waals surface area contributed by atoms with Gasteiger partial charge in [-0.25, -0.2) is 33.0 Å². The molecule has 0 aliphatic carbocycles.